The van der Waals surface area contributed by atoms with Gasteiger partial charge in [-0.15, -0.1) is 6.58 Å². The van der Waals surface area contributed by atoms with Crippen molar-refractivity contribution in [2.45, 2.75) is 26.0 Å². The maximum atomic E-state index is 12.3. The molecule has 0 bridgehead atoms. The van der Waals surface area contributed by atoms with Crippen molar-refractivity contribution < 1.29 is 9.53 Å². The average molecular weight is 312 g/mol. The molecule has 1 aromatic heterocycles. The molecule has 2 rings (SSSR count). The zero-order valence-electron chi connectivity index (χ0n) is 13.0. The molecule has 1 amide bonds. The number of H-pyrrole nitrogens is 1. The number of aromatic amines is 1. The Morgan fingerprint density at radius 1 is 1.35 bits per heavy atom. The third kappa shape index (κ3) is 4.32. The molecule has 0 aliphatic carbocycles. The van der Waals surface area contributed by atoms with Gasteiger partial charge < -0.3 is 15.0 Å². The summed E-state index contributed by atoms with van der Waals surface area (Å²) in [5.41, 5.74) is 0.699. The van der Waals surface area contributed by atoms with E-state index in [1.54, 1.807) is 6.08 Å². The van der Waals surface area contributed by atoms with Crippen molar-refractivity contribution in [3.05, 3.63) is 76.7 Å². The molecule has 0 aliphatic rings. The molecular weight excluding hydrogens is 292 g/mol. The fraction of sp³-hybridized carbons (Fsp3) is 0.222. The van der Waals surface area contributed by atoms with E-state index >= 15 is 0 Å². The molecule has 1 aromatic carbocycles. The molecule has 0 radical (unpaired) electrons. The van der Waals surface area contributed by atoms with Crippen LogP contribution in [0, 0.1) is 0 Å². The molecule has 0 fully saturated rings. The highest BCUT2D eigenvalue weighted by Gasteiger charge is 2.18. The maximum Gasteiger partial charge on any atom is 0.272 e. The lowest BCUT2D eigenvalue weighted by Crippen LogP contribution is -2.34. The first-order valence-corrected chi connectivity index (χ1v) is 7.47. The van der Waals surface area contributed by atoms with Gasteiger partial charge in [-0.1, -0.05) is 43.3 Å². The summed E-state index contributed by atoms with van der Waals surface area (Å²) in [4.78, 5) is 27.2. The van der Waals surface area contributed by atoms with Crippen LogP contribution in [0.4, 0.5) is 0 Å². The number of hydrogen-bond acceptors (Lipinski definition) is 3. The molecule has 120 valence electrons. The van der Waals surface area contributed by atoms with Gasteiger partial charge in [-0.2, -0.15) is 0 Å². The predicted octanol–water partition coefficient (Wildman–Crippen LogP) is 2.65. The summed E-state index contributed by atoms with van der Waals surface area (Å²) in [6, 6.07) is 10.6. The number of ether oxygens (including phenoxy) is 1. The largest absolute Gasteiger partial charge is 0.483 e. The number of hydrogen-bond donors (Lipinski definition) is 2. The van der Waals surface area contributed by atoms with Crippen molar-refractivity contribution in [2.24, 2.45) is 0 Å². The average Bonchev–Trinajstić information content (AvgIpc) is 2.59. The monoisotopic (exact) mass is 312 g/mol. The molecule has 1 heterocycles. The van der Waals surface area contributed by atoms with E-state index in [1.165, 1.54) is 12.3 Å². The summed E-state index contributed by atoms with van der Waals surface area (Å²) in [6.07, 6.45) is 3.80. The van der Waals surface area contributed by atoms with Crippen molar-refractivity contribution >= 4 is 5.91 Å². The van der Waals surface area contributed by atoms with Crippen LogP contribution in [0.25, 0.3) is 0 Å². The minimum absolute atomic E-state index is 0.0211. The van der Waals surface area contributed by atoms with Crippen molar-refractivity contribution in [1.29, 1.82) is 0 Å². The van der Waals surface area contributed by atoms with Crippen LogP contribution < -0.4 is 15.5 Å². The Labute approximate surface area is 135 Å². The second-order valence-electron chi connectivity index (χ2n) is 5.04. The summed E-state index contributed by atoms with van der Waals surface area (Å²) in [7, 11) is 0. The topological polar surface area (TPSA) is 71.2 Å². The standard InChI is InChI=1S/C18H20N2O3/c1-3-14(4-2)20-18(22)16-17(15(21)10-11-19-16)23-12-13-8-6-5-7-9-13/h3,5-11,14H,1,4,12H2,2H3,(H,19,21)(H,20,22). The zero-order valence-corrected chi connectivity index (χ0v) is 13.0. The van der Waals surface area contributed by atoms with Gasteiger partial charge in [0.05, 0.1) is 0 Å². The number of carbonyl (C=O) groups is 1. The Morgan fingerprint density at radius 2 is 2.09 bits per heavy atom. The van der Waals surface area contributed by atoms with Gasteiger partial charge >= 0.3 is 0 Å². The number of carbonyl (C=O) groups excluding carboxylic acids is 1. The van der Waals surface area contributed by atoms with E-state index in [-0.39, 0.29) is 29.5 Å². The number of rotatable bonds is 7. The molecule has 1 atom stereocenters. The lowest BCUT2D eigenvalue weighted by atomic mass is 10.2. The first-order valence-electron chi connectivity index (χ1n) is 7.47. The van der Waals surface area contributed by atoms with Crippen molar-refractivity contribution in [3.8, 4) is 5.75 Å². The number of nitrogens with one attached hydrogen (secondary N) is 2. The first-order chi connectivity index (χ1) is 11.2. The van der Waals surface area contributed by atoms with E-state index in [4.69, 9.17) is 4.74 Å². The van der Waals surface area contributed by atoms with Crippen LogP contribution in [0.5, 0.6) is 5.75 Å². The second-order valence-corrected chi connectivity index (χ2v) is 5.04. The van der Waals surface area contributed by atoms with Gasteiger partial charge in [-0.25, -0.2) is 0 Å². The van der Waals surface area contributed by atoms with Gasteiger partial charge in [0.2, 0.25) is 5.43 Å². The fourth-order valence-electron chi connectivity index (χ4n) is 2.08. The summed E-state index contributed by atoms with van der Waals surface area (Å²) in [6.45, 7) is 5.83. The van der Waals surface area contributed by atoms with E-state index in [2.05, 4.69) is 16.9 Å². The zero-order chi connectivity index (χ0) is 16.7. The van der Waals surface area contributed by atoms with E-state index in [0.717, 1.165) is 5.56 Å². The number of pyridine rings is 1. The lowest BCUT2D eigenvalue weighted by molar-refractivity contribution is 0.0933. The minimum Gasteiger partial charge on any atom is -0.483 e. The van der Waals surface area contributed by atoms with Gasteiger partial charge in [0.15, 0.2) is 11.4 Å². The highest BCUT2D eigenvalue weighted by atomic mass is 16.5. The minimum atomic E-state index is -0.391. The third-order valence-corrected chi connectivity index (χ3v) is 3.41. The van der Waals surface area contributed by atoms with Gasteiger partial charge in [0.1, 0.15) is 6.61 Å². The Hall–Kier alpha value is -2.82. The normalized spacial score (nSPS) is 11.5. The van der Waals surface area contributed by atoms with Gasteiger partial charge in [0.25, 0.3) is 5.91 Å². The summed E-state index contributed by atoms with van der Waals surface area (Å²) >= 11 is 0. The lowest BCUT2D eigenvalue weighted by Gasteiger charge is -2.14. The van der Waals surface area contributed by atoms with Crippen LogP contribution in [0.2, 0.25) is 0 Å². The summed E-state index contributed by atoms with van der Waals surface area (Å²) < 4.78 is 5.59. The highest BCUT2D eigenvalue weighted by molar-refractivity contribution is 5.95. The maximum absolute atomic E-state index is 12.3. The Bertz CT molecular complexity index is 723. The first kappa shape index (κ1) is 16.5. The smallest absolute Gasteiger partial charge is 0.272 e. The van der Waals surface area contributed by atoms with E-state index < -0.39 is 5.91 Å². The Balaban J connectivity index is 2.20. The number of benzene rings is 1. The third-order valence-electron chi connectivity index (χ3n) is 3.41. The molecule has 0 saturated heterocycles. The molecule has 0 spiro atoms. The van der Waals surface area contributed by atoms with E-state index in [0.29, 0.717) is 6.42 Å². The summed E-state index contributed by atoms with van der Waals surface area (Å²) in [5.74, 6) is -0.370. The fourth-order valence-corrected chi connectivity index (χ4v) is 2.08. The molecule has 1 unspecified atom stereocenters. The van der Waals surface area contributed by atoms with E-state index in [1.807, 2.05) is 37.3 Å². The van der Waals surface area contributed by atoms with Crippen LogP contribution in [0.1, 0.15) is 29.4 Å². The van der Waals surface area contributed by atoms with Crippen LogP contribution in [-0.4, -0.2) is 16.9 Å². The van der Waals surface area contributed by atoms with Crippen LogP contribution >= 0.6 is 0 Å². The molecule has 23 heavy (non-hydrogen) atoms. The Morgan fingerprint density at radius 3 is 2.74 bits per heavy atom. The molecule has 0 aliphatic heterocycles. The summed E-state index contributed by atoms with van der Waals surface area (Å²) in [5, 5.41) is 2.79. The molecule has 2 N–H and O–H groups in total. The van der Waals surface area contributed by atoms with Crippen molar-refractivity contribution in [2.75, 3.05) is 0 Å². The molecule has 5 nitrogen and oxygen atoms in total. The molecular formula is C18H20N2O3. The molecule has 0 saturated carbocycles. The SMILES string of the molecule is C=CC(CC)NC(=O)c1[nH]ccc(=O)c1OCc1ccccc1. The van der Waals surface area contributed by atoms with Crippen molar-refractivity contribution in [3.63, 3.8) is 0 Å². The van der Waals surface area contributed by atoms with Crippen LogP contribution in [0.15, 0.2) is 60.0 Å². The van der Waals surface area contributed by atoms with Gasteiger partial charge in [0, 0.05) is 18.3 Å². The molecule has 5 heteroatoms. The van der Waals surface area contributed by atoms with Gasteiger partial charge in [-0.3, -0.25) is 9.59 Å². The van der Waals surface area contributed by atoms with Gasteiger partial charge in [-0.05, 0) is 12.0 Å². The van der Waals surface area contributed by atoms with E-state index in [9.17, 15) is 9.59 Å². The molecule has 2 aromatic rings. The van der Waals surface area contributed by atoms with Crippen LogP contribution in [0.3, 0.4) is 0 Å². The number of amides is 1. The predicted molar refractivity (Wildman–Crippen MR) is 89.6 cm³/mol. The number of aromatic nitrogens is 1. The van der Waals surface area contributed by atoms with Crippen LogP contribution in [-0.2, 0) is 6.61 Å². The second kappa shape index (κ2) is 7.98. The highest BCUT2D eigenvalue weighted by Crippen LogP contribution is 2.13. The quantitative estimate of drug-likeness (QED) is 0.772. The van der Waals surface area contributed by atoms with Crippen molar-refractivity contribution in [1.82, 2.24) is 10.3 Å². The Kier molecular flexibility index (Phi) is 5.74.